The fraction of sp³-hybridized carbons (Fsp3) is 0.351. The van der Waals surface area contributed by atoms with Gasteiger partial charge in [0.05, 0.1) is 0 Å². The normalized spacial score (nSPS) is 11.9. The van der Waals surface area contributed by atoms with Gasteiger partial charge in [0.25, 0.3) is 0 Å². The van der Waals surface area contributed by atoms with Crippen LogP contribution in [-0.2, 0) is 25.5 Å². The molecule has 0 atom stereocenters. The second-order valence-corrected chi connectivity index (χ2v) is 12.7. The molecule has 0 fully saturated rings. The summed E-state index contributed by atoms with van der Waals surface area (Å²) in [5.41, 5.74) is 7.37. The largest absolute Gasteiger partial charge is 3.00 e. The van der Waals surface area contributed by atoms with Crippen molar-refractivity contribution in [3.63, 3.8) is 0 Å². The topological polar surface area (TPSA) is 72.1 Å². The Labute approximate surface area is 275 Å². The second-order valence-electron chi connectivity index (χ2n) is 12.7. The minimum Gasteiger partial charge on any atom is -0.658 e. The van der Waals surface area contributed by atoms with Gasteiger partial charge in [-0.05, 0) is 37.0 Å². The number of aryl methyl sites for hydroxylation is 2. The van der Waals surface area contributed by atoms with Crippen molar-refractivity contribution in [1.29, 1.82) is 0 Å². The van der Waals surface area contributed by atoms with E-state index in [0.29, 0.717) is 5.71 Å². The first-order valence-corrected chi connectivity index (χ1v) is 15.1. The number of nitrogens with zero attached hydrogens (tertiary/aromatic N) is 5. The number of hydrogen-bond donors (Lipinski definition) is 0. The van der Waals surface area contributed by atoms with Crippen LogP contribution in [0.5, 0.6) is 0 Å². The monoisotopic (exact) mass is 765 g/mol. The predicted molar refractivity (Wildman–Crippen MR) is 180 cm³/mol. The molecular weight excluding hydrogens is 723 g/mol. The first kappa shape index (κ1) is 33.5. The first-order chi connectivity index (χ1) is 20.5. The molecule has 0 saturated carbocycles. The Hall–Kier alpha value is -3.35. The molecule has 44 heavy (non-hydrogen) atoms. The standard InChI is InChI=1S/C19H23N3.C18H19N2O.Ir/c1-13(2)20-19(21-14(3)4)22-17-11-7-5-9-15(17)16-10-6-8-12-18(16)22;1-11-12(2)21-17-15(11)16(19-10-20-17)13-6-8-14(9-7-13)18(3,4)5;/h5-14,19H,1-4H3;6,8-10H,1-5H3;/q-2;-1;+3. The Morgan fingerprint density at radius 1 is 0.795 bits per heavy atom. The molecule has 0 saturated heterocycles. The van der Waals surface area contributed by atoms with Gasteiger partial charge in [-0.1, -0.05) is 84.9 Å². The summed E-state index contributed by atoms with van der Waals surface area (Å²) in [6, 6.07) is 27.1. The molecule has 3 aromatic carbocycles. The fourth-order valence-corrected chi connectivity index (χ4v) is 5.33. The number of hydrogen-bond acceptors (Lipinski definition) is 3. The summed E-state index contributed by atoms with van der Waals surface area (Å²) in [5.74, 6) is 0.887. The van der Waals surface area contributed by atoms with Crippen LogP contribution in [0, 0.1) is 19.9 Å². The summed E-state index contributed by atoms with van der Waals surface area (Å²) in [4.78, 5) is 8.65. The minimum atomic E-state index is -0.176. The summed E-state index contributed by atoms with van der Waals surface area (Å²) < 4.78 is 7.94. The van der Waals surface area contributed by atoms with Gasteiger partial charge in [-0.3, -0.25) is 4.98 Å². The van der Waals surface area contributed by atoms with Crippen molar-refractivity contribution in [2.24, 2.45) is 0 Å². The molecule has 7 heteroatoms. The van der Waals surface area contributed by atoms with Gasteiger partial charge in [-0.15, -0.1) is 47.5 Å². The van der Waals surface area contributed by atoms with Crippen molar-refractivity contribution in [2.75, 3.05) is 0 Å². The smallest absolute Gasteiger partial charge is 0.658 e. The van der Waals surface area contributed by atoms with Crippen molar-refractivity contribution in [1.82, 2.24) is 14.5 Å². The van der Waals surface area contributed by atoms with Crippen LogP contribution in [0.3, 0.4) is 0 Å². The average molecular weight is 765 g/mol. The van der Waals surface area contributed by atoms with Crippen molar-refractivity contribution in [2.45, 2.75) is 86.1 Å². The number of benzene rings is 3. The fourth-order valence-electron chi connectivity index (χ4n) is 5.33. The van der Waals surface area contributed by atoms with E-state index >= 15 is 0 Å². The number of fused-ring (bicyclic) bond motifs is 4. The average Bonchev–Trinajstić information content (AvgIpc) is 3.45. The number of rotatable bonds is 6. The number of aromatic nitrogens is 3. The maximum absolute atomic E-state index is 5.67. The van der Waals surface area contributed by atoms with Gasteiger partial charge in [0, 0.05) is 32.9 Å². The molecule has 0 bridgehead atoms. The van der Waals surface area contributed by atoms with Gasteiger partial charge in [0.15, 0.2) is 0 Å². The van der Waals surface area contributed by atoms with Gasteiger partial charge in [0.2, 0.25) is 5.71 Å². The van der Waals surface area contributed by atoms with E-state index < -0.39 is 0 Å². The van der Waals surface area contributed by atoms with E-state index in [1.54, 1.807) is 6.33 Å². The van der Waals surface area contributed by atoms with E-state index in [0.717, 1.165) is 28.0 Å². The summed E-state index contributed by atoms with van der Waals surface area (Å²) in [6.07, 6.45) is 1.37. The van der Waals surface area contributed by atoms with E-state index in [9.17, 15) is 0 Å². The molecule has 0 amide bonds. The van der Waals surface area contributed by atoms with E-state index in [-0.39, 0.29) is 43.9 Å². The van der Waals surface area contributed by atoms with Crippen molar-refractivity contribution in [3.05, 3.63) is 107 Å². The molecular formula is C37H42IrN5O. The summed E-state index contributed by atoms with van der Waals surface area (Å²) in [7, 11) is 0. The van der Waals surface area contributed by atoms with Gasteiger partial charge in [0.1, 0.15) is 12.1 Å². The Balaban J connectivity index is 0.000000197. The molecule has 3 heterocycles. The van der Waals surface area contributed by atoms with Gasteiger partial charge < -0.3 is 19.6 Å². The Kier molecular flexibility index (Phi) is 10.5. The first-order valence-electron chi connectivity index (χ1n) is 15.1. The third-order valence-electron chi connectivity index (χ3n) is 7.61. The molecule has 6 nitrogen and oxygen atoms in total. The molecule has 6 aromatic rings. The van der Waals surface area contributed by atoms with Crippen LogP contribution in [0.15, 0.2) is 77.5 Å². The van der Waals surface area contributed by atoms with Gasteiger partial charge in [-0.25, -0.2) is 4.98 Å². The van der Waals surface area contributed by atoms with Crippen molar-refractivity contribution in [3.8, 4) is 11.3 Å². The zero-order valence-corrected chi connectivity index (χ0v) is 29.5. The molecule has 0 aliphatic heterocycles. The van der Waals surface area contributed by atoms with Crippen LogP contribution in [0.4, 0.5) is 0 Å². The van der Waals surface area contributed by atoms with Crippen LogP contribution < -0.4 is 0 Å². The van der Waals surface area contributed by atoms with Crippen LogP contribution in [0.2, 0.25) is 0 Å². The molecule has 6 rings (SSSR count). The quantitative estimate of drug-likeness (QED) is 0.159. The Bertz CT molecular complexity index is 1780. The minimum absolute atomic E-state index is 0. The zero-order valence-electron chi connectivity index (χ0n) is 27.1. The van der Waals surface area contributed by atoms with E-state index in [1.165, 1.54) is 27.4 Å². The molecule has 0 radical (unpaired) electrons. The van der Waals surface area contributed by atoms with E-state index in [4.69, 9.17) is 15.1 Å². The van der Waals surface area contributed by atoms with Crippen LogP contribution in [0.25, 0.3) is 54.8 Å². The third-order valence-corrected chi connectivity index (χ3v) is 7.61. The van der Waals surface area contributed by atoms with Gasteiger partial charge >= 0.3 is 20.1 Å². The second kappa shape index (κ2) is 13.7. The maximum Gasteiger partial charge on any atom is 3.00 e. The zero-order chi connectivity index (χ0) is 30.9. The predicted octanol–water partition coefficient (Wildman–Crippen LogP) is 10.4. The SMILES string of the molecule is CC(C)[N-]C([N-]C(C)C)n1c2ccccc2c2ccccc21.Cc1oc2ncnc(-c3[c-]cc(C(C)(C)C)cc3)c2c1C.[Ir+3]. The van der Waals surface area contributed by atoms with Gasteiger partial charge in [-0.2, -0.15) is 6.29 Å². The summed E-state index contributed by atoms with van der Waals surface area (Å²) >= 11 is 0. The number of furan rings is 1. The summed E-state index contributed by atoms with van der Waals surface area (Å²) in [5, 5.41) is 13.2. The molecule has 0 N–H and O–H groups in total. The summed E-state index contributed by atoms with van der Waals surface area (Å²) in [6.45, 7) is 19.0. The van der Waals surface area contributed by atoms with Crippen LogP contribution in [0.1, 0.15) is 71.6 Å². The van der Waals surface area contributed by atoms with Crippen LogP contribution >= 0.6 is 0 Å². The molecule has 0 aliphatic rings. The van der Waals surface area contributed by atoms with Crippen LogP contribution in [-0.4, -0.2) is 26.6 Å². The third kappa shape index (κ3) is 6.97. The molecule has 0 spiro atoms. The molecule has 230 valence electrons. The van der Waals surface area contributed by atoms with Crippen molar-refractivity contribution < 1.29 is 24.5 Å². The molecule has 0 aliphatic carbocycles. The molecule has 0 unspecified atom stereocenters. The van der Waals surface area contributed by atoms with E-state index in [1.807, 2.05) is 19.9 Å². The van der Waals surface area contributed by atoms with Crippen molar-refractivity contribution >= 4 is 32.9 Å². The van der Waals surface area contributed by atoms with E-state index in [2.05, 4.69) is 130 Å². The number of para-hydroxylation sites is 2. The Morgan fingerprint density at radius 3 is 1.86 bits per heavy atom. The Morgan fingerprint density at radius 2 is 1.36 bits per heavy atom. The maximum atomic E-state index is 5.67. The molecule has 3 aromatic heterocycles.